The van der Waals surface area contributed by atoms with Crippen molar-refractivity contribution in [3.8, 4) is 0 Å². The molecular weight excluding hydrogens is 224 g/mol. The molecule has 106 valence electrons. The van der Waals surface area contributed by atoms with E-state index < -0.39 is 0 Å². The standard InChI is InChI=1S/C16H30O2/c1-4-8-14(13(2)3)11-12-18-16(17)15-9-6-5-7-10-15/h13-15H,4-12H2,1-3H3. The molecule has 1 aliphatic rings. The maximum Gasteiger partial charge on any atom is 0.308 e. The van der Waals surface area contributed by atoms with Gasteiger partial charge in [-0.2, -0.15) is 0 Å². The SMILES string of the molecule is CCCC(CCOC(=O)C1CCCCC1)C(C)C. The van der Waals surface area contributed by atoms with Crippen LogP contribution in [-0.4, -0.2) is 12.6 Å². The van der Waals surface area contributed by atoms with Crippen LogP contribution in [0.15, 0.2) is 0 Å². The Hall–Kier alpha value is -0.530. The second-order valence-electron chi connectivity index (χ2n) is 6.08. The van der Waals surface area contributed by atoms with Crippen molar-refractivity contribution in [2.24, 2.45) is 17.8 Å². The summed E-state index contributed by atoms with van der Waals surface area (Å²) in [5.41, 5.74) is 0. The van der Waals surface area contributed by atoms with E-state index in [0.29, 0.717) is 18.4 Å². The summed E-state index contributed by atoms with van der Waals surface area (Å²) in [4.78, 5) is 11.9. The molecule has 0 aromatic carbocycles. The number of esters is 1. The molecule has 0 aromatic rings. The quantitative estimate of drug-likeness (QED) is 0.622. The maximum absolute atomic E-state index is 11.9. The Morgan fingerprint density at radius 3 is 2.39 bits per heavy atom. The van der Waals surface area contributed by atoms with E-state index in [-0.39, 0.29) is 11.9 Å². The van der Waals surface area contributed by atoms with Crippen LogP contribution in [0.3, 0.4) is 0 Å². The zero-order valence-corrected chi connectivity index (χ0v) is 12.4. The van der Waals surface area contributed by atoms with Crippen molar-refractivity contribution in [3.05, 3.63) is 0 Å². The van der Waals surface area contributed by atoms with Crippen LogP contribution in [0.4, 0.5) is 0 Å². The summed E-state index contributed by atoms with van der Waals surface area (Å²) in [5.74, 6) is 1.66. The van der Waals surface area contributed by atoms with Crippen LogP contribution in [0.2, 0.25) is 0 Å². The zero-order valence-electron chi connectivity index (χ0n) is 12.4. The van der Waals surface area contributed by atoms with Crippen LogP contribution >= 0.6 is 0 Å². The van der Waals surface area contributed by atoms with Crippen molar-refractivity contribution >= 4 is 5.97 Å². The van der Waals surface area contributed by atoms with Gasteiger partial charge in [-0.05, 0) is 31.1 Å². The van der Waals surface area contributed by atoms with Crippen molar-refractivity contribution in [2.75, 3.05) is 6.61 Å². The van der Waals surface area contributed by atoms with E-state index in [0.717, 1.165) is 19.3 Å². The van der Waals surface area contributed by atoms with Gasteiger partial charge in [-0.1, -0.05) is 52.9 Å². The molecule has 1 aliphatic carbocycles. The number of carbonyl (C=O) groups excluding carboxylic acids is 1. The molecule has 2 heteroatoms. The molecule has 2 nitrogen and oxygen atoms in total. The predicted octanol–water partition coefficient (Wildman–Crippen LogP) is 4.57. The van der Waals surface area contributed by atoms with E-state index in [9.17, 15) is 4.79 Å². The molecule has 1 saturated carbocycles. The molecule has 0 bridgehead atoms. The van der Waals surface area contributed by atoms with Gasteiger partial charge in [0.15, 0.2) is 0 Å². The predicted molar refractivity (Wildman–Crippen MR) is 75.4 cm³/mol. The van der Waals surface area contributed by atoms with E-state index >= 15 is 0 Å². The third kappa shape index (κ3) is 5.41. The van der Waals surface area contributed by atoms with Crippen molar-refractivity contribution < 1.29 is 9.53 Å². The molecule has 1 fully saturated rings. The van der Waals surface area contributed by atoms with E-state index in [4.69, 9.17) is 4.74 Å². The highest BCUT2D eigenvalue weighted by Crippen LogP contribution is 2.25. The van der Waals surface area contributed by atoms with E-state index in [1.165, 1.54) is 32.1 Å². The Bertz CT molecular complexity index is 229. The van der Waals surface area contributed by atoms with Crippen LogP contribution in [0.1, 0.15) is 72.1 Å². The van der Waals surface area contributed by atoms with Crippen LogP contribution < -0.4 is 0 Å². The number of carbonyl (C=O) groups is 1. The summed E-state index contributed by atoms with van der Waals surface area (Å²) in [6.45, 7) is 7.38. The molecule has 0 radical (unpaired) electrons. The zero-order chi connectivity index (χ0) is 13.4. The van der Waals surface area contributed by atoms with Crippen LogP contribution in [0.25, 0.3) is 0 Å². The average molecular weight is 254 g/mol. The molecular formula is C16H30O2. The van der Waals surface area contributed by atoms with Crippen molar-refractivity contribution in [1.82, 2.24) is 0 Å². The summed E-state index contributed by atoms with van der Waals surface area (Å²) in [5, 5.41) is 0. The van der Waals surface area contributed by atoms with Gasteiger partial charge >= 0.3 is 5.97 Å². The maximum atomic E-state index is 11.9. The largest absolute Gasteiger partial charge is 0.465 e. The highest BCUT2D eigenvalue weighted by atomic mass is 16.5. The second-order valence-corrected chi connectivity index (χ2v) is 6.08. The van der Waals surface area contributed by atoms with Gasteiger partial charge in [0, 0.05) is 0 Å². The Kier molecular flexibility index (Phi) is 7.38. The molecule has 1 unspecified atom stereocenters. The minimum atomic E-state index is 0.0636. The first kappa shape index (κ1) is 15.5. The van der Waals surface area contributed by atoms with Gasteiger partial charge in [-0.15, -0.1) is 0 Å². The minimum absolute atomic E-state index is 0.0636. The number of rotatable bonds is 7. The summed E-state index contributed by atoms with van der Waals surface area (Å²) in [6.07, 6.45) is 9.27. The Labute approximate surface area is 112 Å². The number of ether oxygens (including phenoxy) is 1. The van der Waals surface area contributed by atoms with Gasteiger partial charge in [0.2, 0.25) is 0 Å². The van der Waals surface area contributed by atoms with Gasteiger partial charge in [0.05, 0.1) is 12.5 Å². The first-order valence-electron chi connectivity index (χ1n) is 7.81. The lowest BCUT2D eigenvalue weighted by Gasteiger charge is -2.22. The summed E-state index contributed by atoms with van der Waals surface area (Å²) < 4.78 is 5.47. The molecule has 0 aliphatic heterocycles. The van der Waals surface area contributed by atoms with Crippen molar-refractivity contribution in [2.45, 2.75) is 72.1 Å². The molecule has 0 amide bonds. The molecule has 0 spiro atoms. The topological polar surface area (TPSA) is 26.3 Å². The van der Waals surface area contributed by atoms with Gasteiger partial charge < -0.3 is 4.74 Å². The van der Waals surface area contributed by atoms with Gasteiger partial charge in [-0.3, -0.25) is 4.79 Å². The smallest absolute Gasteiger partial charge is 0.308 e. The van der Waals surface area contributed by atoms with Crippen molar-refractivity contribution in [3.63, 3.8) is 0 Å². The first-order chi connectivity index (χ1) is 8.65. The Balaban J connectivity index is 2.20. The molecule has 1 atom stereocenters. The highest BCUT2D eigenvalue weighted by molar-refractivity contribution is 5.72. The first-order valence-corrected chi connectivity index (χ1v) is 7.81. The van der Waals surface area contributed by atoms with Gasteiger partial charge in [0.1, 0.15) is 0 Å². The summed E-state index contributed by atoms with van der Waals surface area (Å²) in [7, 11) is 0. The molecule has 0 saturated heterocycles. The highest BCUT2D eigenvalue weighted by Gasteiger charge is 2.22. The molecule has 0 heterocycles. The third-order valence-corrected chi connectivity index (χ3v) is 4.27. The number of hydrogen-bond donors (Lipinski definition) is 0. The fourth-order valence-corrected chi connectivity index (χ4v) is 2.95. The molecule has 0 aromatic heterocycles. The van der Waals surface area contributed by atoms with Crippen molar-refractivity contribution in [1.29, 1.82) is 0 Å². The van der Waals surface area contributed by atoms with Crippen LogP contribution in [0, 0.1) is 17.8 Å². The fourth-order valence-electron chi connectivity index (χ4n) is 2.95. The van der Waals surface area contributed by atoms with Gasteiger partial charge in [0.25, 0.3) is 0 Å². The van der Waals surface area contributed by atoms with E-state index in [1.54, 1.807) is 0 Å². The third-order valence-electron chi connectivity index (χ3n) is 4.27. The Morgan fingerprint density at radius 2 is 1.83 bits per heavy atom. The van der Waals surface area contributed by atoms with E-state index in [2.05, 4.69) is 20.8 Å². The lowest BCUT2D eigenvalue weighted by molar-refractivity contribution is -0.150. The molecule has 0 N–H and O–H groups in total. The Morgan fingerprint density at radius 1 is 1.17 bits per heavy atom. The lowest BCUT2D eigenvalue weighted by atomic mass is 9.88. The molecule has 18 heavy (non-hydrogen) atoms. The molecule has 1 rings (SSSR count). The normalized spacial score (nSPS) is 18.9. The summed E-state index contributed by atoms with van der Waals surface area (Å²) in [6, 6.07) is 0. The lowest BCUT2D eigenvalue weighted by Crippen LogP contribution is -2.22. The average Bonchev–Trinajstić information content (AvgIpc) is 2.38. The number of hydrogen-bond acceptors (Lipinski definition) is 2. The minimum Gasteiger partial charge on any atom is -0.465 e. The van der Waals surface area contributed by atoms with Gasteiger partial charge in [-0.25, -0.2) is 0 Å². The second kappa shape index (κ2) is 8.55. The monoisotopic (exact) mass is 254 g/mol. The fraction of sp³-hybridized carbons (Fsp3) is 0.938. The van der Waals surface area contributed by atoms with Crippen LogP contribution in [0.5, 0.6) is 0 Å². The summed E-state index contributed by atoms with van der Waals surface area (Å²) >= 11 is 0. The van der Waals surface area contributed by atoms with Crippen LogP contribution in [-0.2, 0) is 9.53 Å². The van der Waals surface area contributed by atoms with E-state index in [1.807, 2.05) is 0 Å².